The summed E-state index contributed by atoms with van der Waals surface area (Å²) >= 11 is 1.98. The molecular weight excluding hydrogens is 436 g/mol. The quantitative estimate of drug-likeness (QED) is 0.276. The summed E-state index contributed by atoms with van der Waals surface area (Å²) in [6.45, 7) is 5.33. The number of fused-ring (bicyclic) bond motifs is 5. The molecule has 34 heavy (non-hydrogen) atoms. The van der Waals surface area contributed by atoms with Crippen molar-refractivity contribution < 1.29 is 4.74 Å². The van der Waals surface area contributed by atoms with Crippen LogP contribution in [-0.2, 0) is 13.0 Å². The van der Waals surface area contributed by atoms with Crippen LogP contribution in [0, 0.1) is 0 Å². The van der Waals surface area contributed by atoms with Crippen LogP contribution in [0.2, 0.25) is 0 Å². The van der Waals surface area contributed by atoms with Crippen molar-refractivity contribution in [1.29, 1.82) is 0 Å². The number of para-hydroxylation sites is 1. The minimum Gasteiger partial charge on any atom is -0.494 e. The van der Waals surface area contributed by atoms with E-state index in [1.807, 2.05) is 11.8 Å². The van der Waals surface area contributed by atoms with Crippen molar-refractivity contribution in [3.05, 3.63) is 83.9 Å². The predicted octanol–water partition coefficient (Wildman–Crippen LogP) is 6.87. The monoisotopic (exact) mass is 468 g/mol. The molecule has 2 aliphatic rings. The number of rotatable bonds is 7. The normalized spacial score (nSPS) is 15.8. The van der Waals surface area contributed by atoms with Gasteiger partial charge in [-0.15, -0.1) is 11.8 Å². The predicted molar refractivity (Wildman–Crippen MR) is 143 cm³/mol. The molecule has 0 aliphatic carbocycles. The molecule has 0 amide bonds. The summed E-state index contributed by atoms with van der Waals surface area (Å²) < 4.78 is 8.57. The second-order valence-corrected chi connectivity index (χ2v) is 10.6. The Morgan fingerprint density at radius 2 is 1.65 bits per heavy atom. The molecule has 0 atom stereocenters. The van der Waals surface area contributed by atoms with Gasteiger partial charge in [0.15, 0.2) is 0 Å². The number of likely N-dealkylation sites (tertiary alicyclic amines) is 1. The Kier molecular flexibility index (Phi) is 6.35. The number of nitrogens with zero attached hydrogens (tertiary/aromatic N) is 2. The van der Waals surface area contributed by atoms with E-state index in [0.29, 0.717) is 0 Å². The van der Waals surface area contributed by atoms with Crippen LogP contribution in [0.4, 0.5) is 0 Å². The summed E-state index contributed by atoms with van der Waals surface area (Å²) in [5, 5.41) is 1.40. The van der Waals surface area contributed by atoms with E-state index < -0.39 is 0 Å². The highest BCUT2D eigenvalue weighted by atomic mass is 32.2. The molecule has 0 N–H and O–H groups in total. The van der Waals surface area contributed by atoms with Crippen molar-refractivity contribution in [2.45, 2.75) is 37.1 Å². The standard InChI is InChI=1S/C30H32N2OS/c1-3-10-28-25(8-1)26-16-21-34-29-11-4-2-9-27(29)30(26)32(28)22-23-12-14-24(15-13-23)33-20-7-19-31-17-5-6-18-31/h1-4,8-15H,5-7,16-22H2. The number of ether oxygens (including phenoxy) is 1. The van der Waals surface area contributed by atoms with E-state index in [2.05, 4.69) is 82.3 Å². The summed E-state index contributed by atoms with van der Waals surface area (Å²) in [6, 6.07) is 26.5. The first-order valence-electron chi connectivity index (χ1n) is 12.6. The largest absolute Gasteiger partial charge is 0.494 e. The van der Waals surface area contributed by atoms with Gasteiger partial charge in [0, 0.05) is 40.2 Å². The molecule has 0 bridgehead atoms. The van der Waals surface area contributed by atoms with E-state index in [0.717, 1.165) is 44.0 Å². The molecule has 3 aromatic carbocycles. The van der Waals surface area contributed by atoms with E-state index in [-0.39, 0.29) is 0 Å². The van der Waals surface area contributed by atoms with Crippen molar-refractivity contribution in [3.8, 4) is 17.0 Å². The molecule has 174 valence electrons. The fourth-order valence-corrected chi connectivity index (χ4v) is 6.53. The molecule has 2 aliphatic heterocycles. The molecule has 1 aromatic heterocycles. The topological polar surface area (TPSA) is 17.4 Å². The summed E-state index contributed by atoms with van der Waals surface area (Å²) in [5.74, 6) is 2.10. The first-order valence-corrected chi connectivity index (χ1v) is 13.6. The fourth-order valence-electron chi connectivity index (χ4n) is 5.51. The maximum Gasteiger partial charge on any atom is 0.119 e. The van der Waals surface area contributed by atoms with Crippen LogP contribution in [0.1, 0.15) is 30.4 Å². The zero-order valence-electron chi connectivity index (χ0n) is 19.7. The van der Waals surface area contributed by atoms with E-state index >= 15 is 0 Å². The lowest BCUT2D eigenvalue weighted by atomic mass is 10.0. The van der Waals surface area contributed by atoms with Crippen molar-refractivity contribution >= 4 is 22.7 Å². The second-order valence-electron chi connectivity index (χ2n) is 9.42. The summed E-state index contributed by atoms with van der Waals surface area (Å²) in [5.41, 5.74) is 6.89. The van der Waals surface area contributed by atoms with Gasteiger partial charge in [-0.25, -0.2) is 0 Å². The molecule has 4 heteroatoms. The van der Waals surface area contributed by atoms with E-state index in [4.69, 9.17) is 4.74 Å². The van der Waals surface area contributed by atoms with Gasteiger partial charge < -0.3 is 14.2 Å². The van der Waals surface area contributed by atoms with Gasteiger partial charge in [-0.05, 0) is 74.2 Å². The third kappa shape index (κ3) is 4.37. The number of hydrogen-bond donors (Lipinski definition) is 0. The van der Waals surface area contributed by atoms with Crippen molar-refractivity contribution in [2.75, 3.05) is 32.0 Å². The molecule has 1 fully saturated rings. The molecule has 4 aromatic rings. The summed E-state index contributed by atoms with van der Waals surface area (Å²) in [6.07, 6.45) is 4.91. The Balaban J connectivity index is 1.24. The highest BCUT2D eigenvalue weighted by Crippen LogP contribution is 2.42. The van der Waals surface area contributed by atoms with Gasteiger partial charge in [0.2, 0.25) is 0 Å². The van der Waals surface area contributed by atoms with Crippen molar-refractivity contribution in [3.63, 3.8) is 0 Å². The van der Waals surface area contributed by atoms with Crippen LogP contribution in [0.25, 0.3) is 22.2 Å². The average molecular weight is 469 g/mol. The zero-order chi connectivity index (χ0) is 22.7. The lowest BCUT2D eigenvalue weighted by molar-refractivity contribution is 0.263. The van der Waals surface area contributed by atoms with Crippen LogP contribution in [0.5, 0.6) is 5.75 Å². The van der Waals surface area contributed by atoms with E-state index in [9.17, 15) is 0 Å². The number of thioether (sulfide) groups is 1. The van der Waals surface area contributed by atoms with E-state index in [1.54, 1.807) is 0 Å². The third-order valence-electron chi connectivity index (χ3n) is 7.18. The molecular formula is C30H32N2OS. The van der Waals surface area contributed by atoms with Gasteiger partial charge in [-0.3, -0.25) is 0 Å². The molecule has 6 rings (SSSR count). The van der Waals surface area contributed by atoms with Crippen LogP contribution < -0.4 is 4.74 Å². The maximum absolute atomic E-state index is 6.04. The van der Waals surface area contributed by atoms with Crippen molar-refractivity contribution in [2.24, 2.45) is 0 Å². The van der Waals surface area contributed by atoms with Crippen molar-refractivity contribution in [1.82, 2.24) is 9.47 Å². The SMILES string of the molecule is c1ccc2c(c1)SCCc1c-2n(Cc2ccc(OCCCN3CCCC3)cc2)c2ccccc12. The van der Waals surface area contributed by atoms with Crippen LogP contribution in [0.15, 0.2) is 77.7 Å². The zero-order valence-corrected chi connectivity index (χ0v) is 20.5. The van der Waals surface area contributed by atoms with Crippen LogP contribution in [-0.4, -0.2) is 41.5 Å². The molecule has 1 saturated heterocycles. The Morgan fingerprint density at radius 1 is 0.853 bits per heavy atom. The molecule has 0 saturated carbocycles. The van der Waals surface area contributed by atoms with Crippen LogP contribution in [0.3, 0.4) is 0 Å². The summed E-state index contributed by atoms with van der Waals surface area (Å²) in [4.78, 5) is 3.94. The number of benzene rings is 3. The van der Waals surface area contributed by atoms with Gasteiger partial charge in [0.05, 0.1) is 12.3 Å². The molecule has 0 radical (unpaired) electrons. The average Bonchev–Trinajstić information content (AvgIpc) is 3.45. The summed E-state index contributed by atoms with van der Waals surface area (Å²) in [7, 11) is 0. The number of aromatic nitrogens is 1. The number of aryl methyl sites for hydroxylation is 1. The second kappa shape index (κ2) is 9.89. The lowest BCUT2D eigenvalue weighted by Crippen LogP contribution is -2.21. The Bertz CT molecular complexity index is 1270. The fraction of sp³-hybridized carbons (Fsp3) is 0.333. The molecule has 0 unspecified atom stereocenters. The highest BCUT2D eigenvalue weighted by Gasteiger charge is 2.23. The first kappa shape index (κ1) is 21.8. The van der Waals surface area contributed by atoms with Gasteiger partial charge in [-0.2, -0.15) is 0 Å². The number of hydrogen-bond acceptors (Lipinski definition) is 3. The highest BCUT2D eigenvalue weighted by molar-refractivity contribution is 7.99. The minimum absolute atomic E-state index is 0.792. The van der Waals surface area contributed by atoms with Gasteiger partial charge in [0.1, 0.15) is 5.75 Å². The van der Waals surface area contributed by atoms with Gasteiger partial charge >= 0.3 is 0 Å². The first-order chi connectivity index (χ1) is 16.9. The third-order valence-corrected chi connectivity index (χ3v) is 8.25. The molecule has 3 nitrogen and oxygen atoms in total. The smallest absolute Gasteiger partial charge is 0.119 e. The maximum atomic E-state index is 6.04. The van der Waals surface area contributed by atoms with Gasteiger partial charge in [0.25, 0.3) is 0 Å². The van der Waals surface area contributed by atoms with Crippen LogP contribution >= 0.6 is 11.8 Å². The van der Waals surface area contributed by atoms with E-state index in [1.165, 1.54) is 64.1 Å². The Labute approximate surface area is 206 Å². The Hall–Kier alpha value is -2.69. The lowest BCUT2D eigenvalue weighted by Gasteiger charge is -2.15. The molecule has 0 spiro atoms. The molecule has 3 heterocycles. The minimum atomic E-state index is 0.792. The Morgan fingerprint density at radius 3 is 2.53 bits per heavy atom. The van der Waals surface area contributed by atoms with Gasteiger partial charge in [-0.1, -0.05) is 48.5 Å².